The summed E-state index contributed by atoms with van der Waals surface area (Å²) in [6, 6.07) is 8.35. The number of carbonyl (C=O) groups excluding carboxylic acids is 3. The van der Waals surface area contributed by atoms with Gasteiger partial charge in [0, 0.05) is 26.3 Å². The number of hydrogen-bond donors (Lipinski definition) is 1. The van der Waals surface area contributed by atoms with Gasteiger partial charge >= 0.3 is 11.9 Å². The normalized spacial score (nSPS) is 32.0. The molecule has 0 saturated carbocycles. The Balaban J connectivity index is 1.88. The van der Waals surface area contributed by atoms with Crippen molar-refractivity contribution < 1.29 is 38.1 Å². The highest BCUT2D eigenvalue weighted by atomic mass is 16.8. The lowest BCUT2D eigenvalue weighted by Crippen LogP contribution is -2.67. The first kappa shape index (κ1) is 20.2. The fraction of sp³-hybridized carbons (Fsp3) is 0.526. The summed E-state index contributed by atoms with van der Waals surface area (Å²) in [6.45, 7) is 3.91. The first-order chi connectivity index (χ1) is 13.3. The van der Waals surface area contributed by atoms with E-state index in [4.69, 9.17) is 23.7 Å². The summed E-state index contributed by atoms with van der Waals surface area (Å²) in [6.07, 6.45) is -4.15. The third-order valence-corrected chi connectivity index (χ3v) is 4.36. The minimum atomic E-state index is -1.15. The second-order valence-electron chi connectivity index (χ2n) is 6.63. The molecule has 9 heteroatoms. The number of fused-ring (bicyclic) bond motifs is 1. The van der Waals surface area contributed by atoms with Gasteiger partial charge in [-0.15, -0.1) is 0 Å². The summed E-state index contributed by atoms with van der Waals surface area (Å²) >= 11 is 0. The fourth-order valence-corrected chi connectivity index (χ4v) is 3.34. The lowest BCUT2D eigenvalue weighted by molar-refractivity contribution is -0.339. The number of esters is 2. The molecule has 2 aliphatic heterocycles. The van der Waals surface area contributed by atoms with Gasteiger partial charge in [0.1, 0.15) is 18.2 Å². The number of nitrogens with one attached hydrogen (secondary N) is 1. The van der Waals surface area contributed by atoms with E-state index in [2.05, 4.69) is 5.32 Å². The Kier molecular flexibility index (Phi) is 6.28. The Labute approximate surface area is 162 Å². The van der Waals surface area contributed by atoms with Crippen molar-refractivity contribution in [2.24, 2.45) is 0 Å². The molecule has 1 amide bonds. The lowest BCUT2D eigenvalue weighted by atomic mass is 9.95. The van der Waals surface area contributed by atoms with Crippen LogP contribution in [-0.4, -0.2) is 55.1 Å². The Morgan fingerprint density at radius 2 is 1.68 bits per heavy atom. The van der Waals surface area contributed by atoms with Crippen LogP contribution < -0.4 is 5.32 Å². The Bertz CT molecular complexity index is 724. The Morgan fingerprint density at radius 3 is 2.29 bits per heavy atom. The standard InChI is InChI=1S/C19H23NO8/c1-10(21)20-15-17(25-11(2)22)16-14(27-19(15)26-12(3)23)9-24-18(28-16)13-7-5-4-6-8-13/h4-8,14-19H,9H2,1-3H3,(H,20,21). The van der Waals surface area contributed by atoms with Gasteiger partial charge in [0.25, 0.3) is 0 Å². The molecule has 2 aliphatic rings. The maximum absolute atomic E-state index is 11.7. The summed E-state index contributed by atoms with van der Waals surface area (Å²) < 4.78 is 28.3. The highest BCUT2D eigenvalue weighted by molar-refractivity contribution is 5.73. The van der Waals surface area contributed by atoms with E-state index in [1.54, 1.807) is 0 Å². The van der Waals surface area contributed by atoms with Gasteiger partial charge in [-0.05, 0) is 0 Å². The molecule has 6 unspecified atom stereocenters. The van der Waals surface area contributed by atoms with E-state index in [-0.39, 0.29) is 6.61 Å². The molecule has 2 heterocycles. The van der Waals surface area contributed by atoms with Gasteiger partial charge in [-0.1, -0.05) is 30.3 Å². The van der Waals surface area contributed by atoms with Crippen molar-refractivity contribution in [2.75, 3.05) is 6.61 Å². The van der Waals surface area contributed by atoms with Crippen LogP contribution in [0.3, 0.4) is 0 Å². The zero-order valence-electron chi connectivity index (χ0n) is 15.8. The minimum absolute atomic E-state index is 0.131. The summed E-state index contributed by atoms with van der Waals surface area (Å²) in [4.78, 5) is 34.9. The van der Waals surface area contributed by atoms with Crippen LogP contribution in [0, 0.1) is 0 Å². The molecule has 0 spiro atoms. The Morgan fingerprint density at radius 1 is 1.00 bits per heavy atom. The monoisotopic (exact) mass is 393 g/mol. The smallest absolute Gasteiger partial charge is 0.305 e. The van der Waals surface area contributed by atoms with Crippen LogP contribution in [0.4, 0.5) is 0 Å². The van der Waals surface area contributed by atoms with Crippen LogP contribution in [0.15, 0.2) is 30.3 Å². The van der Waals surface area contributed by atoms with Gasteiger partial charge < -0.3 is 29.0 Å². The first-order valence-electron chi connectivity index (χ1n) is 8.94. The molecule has 9 nitrogen and oxygen atoms in total. The van der Waals surface area contributed by atoms with Crippen LogP contribution in [0.2, 0.25) is 0 Å². The third-order valence-electron chi connectivity index (χ3n) is 4.36. The predicted octanol–water partition coefficient (Wildman–Crippen LogP) is 0.825. The maximum atomic E-state index is 11.7. The van der Waals surface area contributed by atoms with Gasteiger partial charge in [-0.3, -0.25) is 14.4 Å². The average molecular weight is 393 g/mol. The molecule has 1 N–H and O–H groups in total. The lowest BCUT2D eigenvalue weighted by Gasteiger charge is -2.48. The van der Waals surface area contributed by atoms with E-state index in [0.717, 1.165) is 5.56 Å². The van der Waals surface area contributed by atoms with Crippen LogP contribution >= 0.6 is 0 Å². The molecule has 0 aliphatic carbocycles. The van der Waals surface area contributed by atoms with E-state index >= 15 is 0 Å². The average Bonchev–Trinajstić information content (AvgIpc) is 2.64. The number of ether oxygens (including phenoxy) is 5. The highest BCUT2D eigenvalue weighted by Crippen LogP contribution is 2.35. The second-order valence-corrected chi connectivity index (χ2v) is 6.63. The number of hydrogen-bond acceptors (Lipinski definition) is 8. The third kappa shape index (κ3) is 4.67. The van der Waals surface area contributed by atoms with E-state index < -0.39 is 54.8 Å². The molecule has 6 atom stereocenters. The molecular weight excluding hydrogens is 370 g/mol. The van der Waals surface area contributed by atoms with Gasteiger partial charge in [-0.25, -0.2) is 0 Å². The molecule has 152 valence electrons. The molecule has 0 radical (unpaired) electrons. The first-order valence-corrected chi connectivity index (χ1v) is 8.94. The summed E-state index contributed by atoms with van der Waals surface area (Å²) in [5.41, 5.74) is 0.792. The SMILES string of the molecule is CC(=O)NC1C(OC(C)=O)OC2COC(c3ccccc3)OC2C1OC(C)=O. The number of rotatable bonds is 4. The highest BCUT2D eigenvalue weighted by Gasteiger charge is 2.53. The van der Waals surface area contributed by atoms with Crippen LogP contribution in [0.5, 0.6) is 0 Å². The zero-order chi connectivity index (χ0) is 20.3. The molecule has 2 fully saturated rings. The van der Waals surface area contributed by atoms with E-state index in [0.29, 0.717) is 0 Å². The van der Waals surface area contributed by atoms with Crippen molar-refractivity contribution in [3.8, 4) is 0 Å². The number of amides is 1. The van der Waals surface area contributed by atoms with Gasteiger partial charge in [0.2, 0.25) is 12.2 Å². The van der Waals surface area contributed by atoms with Crippen LogP contribution in [-0.2, 0) is 38.1 Å². The molecule has 3 rings (SSSR count). The topological polar surface area (TPSA) is 109 Å². The van der Waals surface area contributed by atoms with E-state index in [1.165, 1.54) is 20.8 Å². The molecule has 28 heavy (non-hydrogen) atoms. The molecule has 0 bridgehead atoms. The van der Waals surface area contributed by atoms with Crippen molar-refractivity contribution in [1.29, 1.82) is 0 Å². The second kappa shape index (κ2) is 8.68. The fourth-order valence-electron chi connectivity index (χ4n) is 3.34. The van der Waals surface area contributed by atoms with E-state index in [9.17, 15) is 14.4 Å². The molecular formula is C19H23NO8. The summed E-state index contributed by atoms with van der Waals surface area (Å²) in [5, 5.41) is 2.64. The van der Waals surface area contributed by atoms with Crippen LogP contribution in [0.25, 0.3) is 0 Å². The molecule has 0 aromatic heterocycles. The van der Waals surface area contributed by atoms with Crippen LogP contribution in [0.1, 0.15) is 32.6 Å². The van der Waals surface area contributed by atoms with Crippen molar-refractivity contribution >= 4 is 17.8 Å². The predicted molar refractivity (Wildman–Crippen MR) is 93.6 cm³/mol. The quantitative estimate of drug-likeness (QED) is 0.749. The van der Waals surface area contributed by atoms with Gasteiger partial charge in [0.05, 0.1) is 6.61 Å². The number of carbonyl (C=O) groups is 3. The van der Waals surface area contributed by atoms with E-state index in [1.807, 2.05) is 30.3 Å². The van der Waals surface area contributed by atoms with Gasteiger partial charge in [-0.2, -0.15) is 0 Å². The van der Waals surface area contributed by atoms with Gasteiger partial charge in [0.15, 0.2) is 12.4 Å². The molecule has 1 aromatic rings. The molecule has 1 aromatic carbocycles. The molecule has 2 saturated heterocycles. The Hall–Kier alpha value is -2.49. The minimum Gasteiger partial charge on any atom is -0.457 e. The van der Waals surface area contributed by atoms with Crippen molar-refractivity contribution in [3.05, 3.63) is 35.9 Å². The summed E-state index contributed by atoms with van der Waals surface area (Å²) in [5.74, 6) is -1.55. The number of benzene rings is 1. The zero-order valence-corrected chi connectivity index (χ0v) is 15.8. The van der Waals surface area contributed by atoms with Crippen molar-refractivity contribution in [3.63, 3.8) is 0 Å². The largest absolute Gasteiger partial charge is 0.457 e. The maximum Gasteiger partial charge on any atom is 0.305 e. The van der Waals surface area contributed by atoms with Crippen molar-refractivity contribution in [2.45, 2.75) is 57.7 Å². The van der Waals surface area contributed by atoms with Crippen molar-refractivity contribution in [1.82, 2.24) is 5.32 Å². The summed E-state index contributed by atoms with van der Waals surface area (Å²) in [7, 11) is 0.